The van der Waals surface area contributed by atoms with Crippen molar-refractivity contribution in [2.45, 2.75) is 19.4 Å². The average Bonchev–Trinajstić information content (AvgIpc) is 2.44. The molecule has 0 bridgehead atoms. The summed E-state index contributed by atoms with van der Waals surface area (Å²) in [5.74, 6) is 0. The van der Waals surface area contributed by atoms with Gasteiger partial charge >= 0.3 is 0 Å². The molecule has 1 N–H and O–H groups in total. The number of nitrogens with one attached hydrogen (secondary N) is 1. The molecule has 0 amide bonds. The van der Waals surface area contributed by atoms with Crippen LogP contribution >= 0.6 is 36.2 Å². The SMILES string of the molecule is Cc1ncsc1CCN(C)C1CNC1.Cl.Cl. The standard InChI is InChI=1S/C10H17N3S.2ClH/c1-8-10(14-7-12-8)3-4-13(2)9-5-11-6-9;;/h7,9,11H,3-6H2,1-2H3;2*1H. The molecule has 1 aromatic heterocycles. The van der Waals surface area contributed by atoms with Gasteiger partial charge < -0.3 is 10.2 Å². The summed E-state index contributed by atoms with van der Waals surface area (Å²) in [7, 11) is 2.21. The lowest BCUT2D eigenvalue weighted by Gasteiger charge is -2.35. The summed E-state index contributed by atoms with van der Waals surface area (Å²) in [4.78, 5) is 8.14. The molecule has 0 radical (unpaired) electrons. The summed E-state index contributed by atoms with van der Waals surface area (Å²) < 4.78 is 0. The molecule has 0 aromatic carbocycles. The van der Waals surface area contributed by atoms with E-state index in [4.69, 9.17) is 0 Å². The van der Waals surface area contributed by atoms with Crippen molar-refractivity contribution in [3.05, 3.63) is 16.1 Å². The maximum Gasteiger partial charge on any atom is 0.0797 e. The molecule has 2 rings (SSSR count). The van der Waals surface area contributed by atoms with Crippen LogP contribution in [0.25, 0.3) is 0 Å². The van der Waals surface area contributed by atoms with E-state index in [0.717, 1.165) is 32.1 Å². The van der Waals surface area contributed by atoms with E-state index in [-0.39, 0.29) is 24.8 Å². The zero-order valence-electron chi connectivity index (χ0n) is 9.60. The van der Waals surface area contributed by atoms with Crippen molar-refractivity contribution in [1.29, 1.82) is 0 Å². The van der Waals surface area contributed by atoms with E-state index in [0.29, 0.717) is 0 Å². The quantitative estimate of drug-likeness (QED) is 0.913. The Bertz CT molecular complexity index is 302. The largest absolute Gasteiger partial charge is 0.314 e. The molecular formula is C10H19Cl2N3S. The second kappa shape index (κ2) is 7.45. The summed E-state index contributed by atoms with van der Waals surface area (Å²) in [5, 5.41) is 3.30. The molecular weight excluding hydrogens is 265 g/mol. The highest BCUT2D eigenvalue weighted by Gasteiger charge is 2.20. The molecule has 94 valence electrons. The van der Waals surface area contributed by atoms with E-state index in [1.807, 2.05) is 5.51 Å². The van der Waals surface area contributed by atoms with E-state index in [2.05, 4.69) is 29.2 Å². The Kier molecular flexibility index (Phi) is 7.52. The van der Waals surface area contributed by atoms with Gasteiger partial charge in [0.1, 0.15) is 0 Å². The highest BCUT2D eigenvalue weighted by molar-refractivity contribution is 7.09. The van der Waals surface area contributed by atoms with E-state index in [1.54, 1.807) is 11.3 Å². The van der Waals surface area contributed by atoms with Gasteiger partial charge in [-0.25, -0.2) is 4.98 Å². The molecule has 1 fully saturated rings. The predicted molar refractivity (Wildman–Crippen MR) is 74.3 cm³/mol. The molecule has 16 heavy (non-hydrogen) atoms. The molecule has 0 saturated carbocycles. The third-order valence-electron chi connectivity index (χ3n) is 2.92. The first-order valence-electron chi connectivity index (χ1n) is 5.07. The summed E-state index contributed by atoms with van der Waals surface area (Å²) in [6.45, 7) is 5.54. The van der Waals surface area contributed by atoms with Gasteiger partial charge in [0.05, 0.1) is 11.2 Å². The van der Waals surface area contributed by atoms with Crippen LogP contribution in [-0.4, -0.2) is 42.6 Å². The van der Waals surface area contributed by atoms with Crippen molar-refractivity contribution >= 4 is 36.2 Å². The normalized spacial score (nSPS) is 15.2. The van der Waals surface area contributed by atoms with Crippen LogP contribution in [-0.2, 0) is 6.42 Å². The fourth-order valence-corrected chi connectivity index (χ4v) is 2.38. The molecule has 0 aliphatic carbocycles. The Morgan fingerprint density at radius 3 is 2.62 bits per heavy atom. The second-order valence-electron chi connectivity index (χ2n) is 3.90. The number of hydrogen-bond donors (Lipinski definition) is 1. The minimum absolute atomic E-state index is 0. The average molecular weight is 284 g/mol. The second-order valence-corrected chi connectivity index (χ2v) is 4.84. The molecule has 0 atom stereocenters. The first-order chi connectivity index (χ1) is 6.77. The van der Waals surface area contributed by atoms with E-state index >= 15 is 0 Å². The Hall–Kier alpha value is 0.130. The zero-order valence-corrected chi connectivity index (χ0v) is 12.1. The molecule has 2 heterocycles. The van der Waals surface area contributed by atoms with Gasteiger partial charge in [-0.1, -0.05) is 0 Å². The lowest BCUT2D eigenvalue weighted by molar-refractivity contribution is 0.182. The van der Waals surface area contributed by atoms with Crippen LogP contribution in [0.4, 0.5) is 0 Å². The lowest BCUT2D eigenvalue weighted by atomic mass is 10.1. The number of likely N-dealkylation sites (N-methyl/N-ethyl adjacent to an activating group) is 1. The van der Waals surface area contributed by atoms with Gasteiger partial charge in [0.15, 0.2) is 0 Å². The van der Waals surface area contributed by atoms with Crippen molar-refractivity contribution in [2.24, 2.45) is 0 Å². The van der Waals surface area contributed by atoms with Gasteiger partial charge in [-0.05, 0) is 20.4 Å². The smallest absolute Gasteiger partial charge is 0.0797 e. The van der Waals surface area contributed by atoms with Gasteiger partial charge in [-0.15, -0.1) is 36.2 Å². The van der Waals surface area contributed by atoms with Gasteiger partial charge in [0, 0.05) is 30.6 Å². The van der Waals surface area contributed by atoms with E-state index < -0.39 is 0 Å². The van der Waals surface area contributed by atoms with Gasteiger partial charge in [-0.2, -0.15) is 0 Å². The van der Waals surface area contributed by atoms with Crippen molar-refractivity contribution in [1.82, 2.24) is 15.2 Å². The minimum atomic E-state index is 0. The van der Waals surface area contributed by atoms with Gasteiger partial charge in [0.2, 0.25) is 0 Å². The van der Waals surface area contributed by atoms with Crippen LogP contribution < -0.4 is 5.32 Å². The molecule has 1 aromatic rings. The summed E-state index contributed by atoms with van der Waals surface area (Å²) in [6.07, 6.45) is 1.14. The number of aryl methyl sites for hydroxylation is 1. The van der Waals surface area contributed by atoms with Crippen molar-refractivity contribution < 1.29 is 0 Å². The van der Waals surface area contributed by atoms with Crippen molar-refractivity contribution in [3.63, 3.8) is 0 Å². The third-order valence-corrected chi connectivity index (χ3v) is 3.91. The maximum absolute atomic E-state index is 4.26. The first-order valence-corrected chi connectivity index (χ1v) is 5.95. The van der Waals surface area contributed by atoms with Crippen LogP contribution in [0.15, 0.2) is 5.51 Å². The van der Waals surface area contributed by atoms with Crippen LogP contribution in [0.5, 0.6) is 0 Å². The van der Waals surface area contributed by atoms with Crippen molar-refractivity contribution in [2.75, 3.05) is 26.7 Å². The molecule has 1 aliphatic heterocycles. The molecule has 1 saturated heterocycles. The fourth-order valence-electron chi connectivity index (χ4n) is 1.61. The Morgan fingerprint density at radius 1 is 1.50 bits per heavy atom. The highest BCUT2D eigenvalue weighted by atomic mass is 35.5. The molecule has 1 aliphatic rings. The number of rotatable bonds is 4. The number of thiazole rings is 1. The zero-order chi connectivity index (χ0) is 9.97. The van der Waals surface area contributed by atoms with Crippen LogP contribution in [0.1, 0.15) is 10.6 Å². The number of nitrogens with zero attached hydrogens (tertiary/aromatic N) is 2. The molecule has 6 heteroatoms. The molecule has 0 unspecified atom stereocenters. The van der Waals surface area contributed by atoms with Crippen LogP contribution in [0, 0.1) is 6.92 Å². The monoisotopic (exact) mass is 283 g/mol. The maximum atomic E-state index is 4.26. The van der Waals surface area contributed by atoms with Gasteiger partial charge in [0.25, 0.3) is 0 Å². The molecule has 0 spiro atoms. The van der Waals surface area contributed by atoms with E-state index in [9.17, 15) is 0 Å². The van der Waals surface area contributed by atoms with Crippen LogP contribution in [0.3, 0.4) is 0 Å². The number of hydrogen-bond acceptors (Lipinski definition) is 4. The number of aromatic nitrogens is 1. The Balaban J connectivity index is 0.00000112. The summed E-state index contributed by atoms with van der Waals surface area (Å²) in [5.41, 5.74) is 3.14. The lowest BCUT2D eigenvalue weighted by Crippen LogP contribution is -2.56. The minimum Gasteiger partial charge on any atom is -0.314 e. The van der Waals surface area contributed by atoms with Gasteiger partial charge in [-0.3, -0.25) is 0 Å². The van der Waals surface area contributed by atoms with Crippen molar-refractivity contribution in [3.8, 4) is 0 Å². The first kappa shape index (κ1) is 16.1. The fraction of sp³-hybridized carbons (Fsp3) is 0.700. The molecule has 3 nitrogen and oxygen atoms in total. The predicted octanol–water partition coefficient (Wildman–Crippen LogP) is 1.74. The highest BCUT2D eigenvalue weighted by Crippen LogP contribution is 2.13. The number of halogens is 2. The topological polar surface area (TPSA) is 28.2 Å². The third kappa shape index (κ3) is 3.86. The van der Waals surface area contributed by atoms with E-state index in [1.165, 1.54) is 10.6 Å². The van der Waals surface area contributed by atoms with Crippen LogP contribution in [0.2, 0.25) is 0 Å². The Morgan fingerprint density at radius 2 is 2.19 bits per heavy atom. The Labute approximate surface area is 113 Å². The summed E-state index contributed by atoms with van der Waals surface area (Å²) >= 11 is 1.78. The summed E-state index contributed by atoms with van der Waals surface area (Å²) in [6, 6.07) is 0.753.